The Balaban J connectivity index is 2.06. The summed E-state index contributed by atoms with van der Waals surface area (Å²) < 4.78 is 38.7. The molecule has 0 fully saturated rings. The molecule has 0 aliphatic heterocycles. The summed E-state index contributed by atoms with van der Waals surface area (Å²) in [5.41, 5.74) is 0.768. The number of nitrogens with zero attached hydrogens (tertiary/aromatic N) is 2. The molecule has 0 spiro atoms. The van der Waals surface area contributed by atoms with Gasteiger partial charge in [0.05, 0.1) is 11.4 Å². The van der Waals surface area contributed by atoms with Gasteiger partial charge in [0.1, 0.15) is 5.82 Å². The number of halogens is 2. The Bertz CT molecular complexity index is 856. The molecule has 0 bridgehead atoms. The summed E-state index contributed by atoms with van der Waals surface area (Å²) in [6.45, 7) is -0.0659. The fourth-order valence-electron chi connectivity index (χ4n) is 2.15. The number of amides is 1. The van der Waals surface area contributed by atoms with E-state index in [-0.39, 0.29) is 23.9 Å². The van der Waals surface area contributed by atoms with Crippen molar-refractivity contribution < 1.29 is 17.6 Å². The highest BCUT2D eigenvalue weighted by molar-refractivity contribution is 7.89. The van der Waals surface area contributed by atoms with Crippen molar-refractivity contribution in [1.82, 2.24) is 9.21 Å². The highest BCUT2D eigenvalue weighted by atomic mass is 35.5. The fraction of sp³-hybridized carbons (Fsp3) is 0.235. The van der Waals surface area contributed by atoms with Crippen LogP contribution in [0.15, 0.2) is 53.4 Å². The van der Waals surface area contributed by atoms with Gasteiger partial charge in [0, 0.05) is 25.7 Å². The van der Waals surface area contributed by atoms with E-state index in [1.807, 2.05) is 6.07 Å². The number of benzene rings is 2. The molecule has 0 saturated heterocycles. The summed E-state index contributed by atoms with van der Waals surface area (Å²) in [4.78, 5) is 13.6. The van der Waals surface area contributed by atoms with Gasteiger partial charge in [-0.15, -0.1) is 0 Å². The highest BCUT2D eigenvalue weighted by Gasteiger charge is 2.24. The average Bonchev–Trinajstić information content (AvgIpc) is 2.57. The third-order valence-corrected chi connectivity index (χ3v) is 5.86. The van der Waals surface area contributed by atoms with Crippen molar-refractivity contribution in [2.45, 2.75) is 11.4 Å². The smallest absolute Gasteiger partial charge is 0.243 e. The van der Waals surface area contributed by atoms with Crippen molar-refractivity contribution in [3.8, 4) is 0 Å². The van der Waals surface area contributed by atoms with E-state index in [0.29, 0.717) is 5.02 Å². The van der Waals surface area contributed by atoms with Crippen molar-refractivity contribution in [1.29, 1.82) is 0 Å². The van der Waals surface area contributed by atoms with Gasteiger partial charge in [0.15, 0.2) is 0 Å². The largest absolute Gasteiger partial charge is 0.340 e. The van der Waals surface area contributed by atoms with Gasteiger partial charge in [0.2, 0.25) is 15.9 Å². The monoisotopic (exact) mass is 384 g/mol. The summed E-state index contributed by atoms with van der Waals surface area (Å²) >= 11 is 6.07. The molecule has 2 aromatic rings. The molecule has 2 rings (SSSR count). The van der Waals surface area contributed by atoms with Crippen molar-refractivity contribution in [3.05, 3.63) is 64.9 Å². The van der Waals surface area contributed by atoms with Crippen LogP contribution in [0.2, 0.25) is 5.02 Å². The van der Waals surface area contributed by atoms with Crippen LogP contribution in [-0.4, -0.2) is 44.2 Å². The second-order valence-electron chi connectivity index (χ2n) is 5.56. The van der Waals surface area contributed by atoms with Crippen LogP contribution in [0.3, 0.4) is 0 Å². The predicted octanol–water partition coefficient (Wildman–Crippen LogP) is 2.76. The molecule has 0 N–H and O–H groups in total. The molecule has 5 nitrogen and oxygen atoms in total. The lowest BCUT2D eigenvalue weighted by Gasteiger charge is -2.22. The maximum Gasteiger partial charge on any atom is 0.243 e. The highest BCUT2D eigenvalue weighted by Crippen LogP contribution is 2.18. The Labute approximate surface area is 151 Å². The van der Waals surface area contributed by atoms with Crippen LogP contribution in [0.25, 0.3) is 0 Å². The van der Waals surface area contributed by atoms with Gasteiger partial charge < -0.3 is 4.90 Å². The predicted molar refractivity (Wildman–Crippen MR) is 94.1 cm³/mol. The molecule has 0 atom stereocenters. The molecule has 0 unspecified atom stereocenters. The van der Waals surface area contributed by atoms with Crippen molar-refractivity contribution in [3.63, 3.8) is 0 Å². The van der Waals surface area contributed by atoms with E-state index in [9.17, 15) is 17.6 Å². The molecular weight excluding hydrogens is 367 g/mol. The third kappa shape index (κ3) is 4.78. The van der Waals surface area contributed by atoms with Gasteiger partial charge in [-0.2, -0.15) is 4.31 Å². The fourth-order valence-corrected chi connectivity index (χ4v) is 3.47. The van der Waals surface area contributed by atoms with Crippen LogP contribution in [-0.2, 0) is 21.4 Å². The Morgan fingerprint density at radius 1 is 1.08 bits per heavy atom. The van der Waals surface area contributed by atoms with Gasteiger partial charge >= 0.3 is 0 Å². The number of hydrogen-bond donors (Lipinski definition) is 0. The van der Waals surface area contributed by atoms with Crippen LogP contribution < -0.4 is 0 Å². The van der Waals surface area contributed by atoms with Crippen molar-refractivity contribution in [2.75, 3.05) is 20.6 Å². The Hall–Kier alpha value is -1.96. The van der Waals surface area contributed by atoms with Crippen molar-refractivity contribution >= 4 is 27.5 Å². The normalized spacial score (nSPS) is 11.6. The van der Waals surface area contributed by atoms with E-state index in [2.05, 4.69) is 0 Å². The molecule has 0 aliphatic rings. The first-order valence-corrected chi connectivity index (χ1v) is 9.23. The first-order valence-electron chi connectivity index (χ1n) is 7.41. The van der Waals surface area contributed by atoms with E-state index in [1.165, 1.54) is 24.1 Å². The molecule has 1 amide bonds. The first kappa shape index (κ1) is 19.4. The number of carbonyl (C=O) groups is 1. The minimum absolute atomic E-state index is 0.0713. The third-order valence-electron chi connectivity index (χ3n) is 3.67. The van der Waals surface area contributed by atoms with Crippen LogP contribution >= 0.6 is 11.6 Å². The topological polar surface area (TPSA) is 57.7 Å². The summed E-state index contributed by atoms with van der Waals surface area (Å²) in [7, 11) is -0.993. The lowest BCUT2D eigenvalue weighted by molar-refractivity contribution is -0.130. The molecule has 0 aliphatic carbocycles. The summed E-state index contributed by atoms with van der Waals surface area (Å²) in [6.07, 6.45) is 0. The molecule has 0 saturated carbocycles. The van der Waals surface area contributed by atoms with Gasteiger partial charge in [-0.25, -0.2) is 12.8 Å². The Morgan fingerprint density at radius 3 is 2.28 bits per heavy atom. The SMILES string of the molecule is CN(Cc1ccccc1Cl)C(=O)CN(C)S(=O)(=O)c1ccc(F)cc1. The molecule has 0 aromatic heterocycles. The quantitative estimate of drug-likeness (QED) is 0.769. The number of hydrogen-bond acceptors (Lipinski definition) is 3. The number of rotatable bonds is 6. The maximum atomic E-state index is 13.0. The molecular formula is C17H18ClFN2O3S. The zero-order valence-electron chi connectivity index (χ0n) is 13.8. The Morgan fingerprint density at radius 2 is 1.68 bits per heavy atom. The second-order valence-corrected chi connectivity index (χ2v) is 8.01. The molecule has 25 heavy (non-hydrogen) atoms. The van der Waals surface area contributed by atoms with Crippen LogP contribution in [0.1, 0.15) is 5.56 Å². The van der Waals surface area contributed by atoms with Crippen LogP contribution in [0.4, 0.5) is 4.39 Å². The van der Waals surface area contributed by atoms with Gasteiger partial charge in [-0.1, -0.05) is 29.8 Å². The molecule has 134 valence electrons. The molecule has 0 heterocycles. The van der Waals surface area contributed by atoms with Crippen molar-refractivity contribution in [2.24, 2.45) is 0 Å². The molecule has 0 radical (unpaired) electrons. The summed E-state index contributed by atoms with van der Waals surface area (Å²) in [5.74, 6) is -0.912. The van der Waals surface area contributed by atoms with Crippen LogP contribution in [0, 0.1) is 5.82 Å². The molecule has 8 heteroatoms. The van der Waals surface area contributed by atoms with E-state index in [4.69, 9.17) is 11.6 Å². The second kappa shape index (κ2) is 7.95. The molecule has 2 aromatic carbocycles. The Kier molecular flexibility index (Phi) is 6.16. The van der Waals surface area contributed by atoms with Gasteiger partial charge in [0.25, 0.3) is 0 Å². The van der Waals surface area contributed by atoms with E-state index in [0.717, 1.165) is 22.0 Å². The lowest BCUT2D eigenvalue weighted by atomic mass is 10.2. The number of sulfonamides is 1. The maximum absolute atomic E-state index is 13.0. The number of carbonyl (C=O) groups excluding carboxylic acids is 1. The minimum atomic E-state index is -3.87. The summed E-state index contributed by atoms with van der Waals surface area (Å²) in [5, 5.41) is 0.537. The van der Waals surface area contributed by atoms with Gasteiger partial charge in [-0.05, 0) is 35.9 Å². The van der Waals surface area contributed by atoms with E-state index >= 15 is 0 Å². The van der Waals surface area contributed by atoms with Gasteiger partial charge in [-0.3, -0.25) is 4.79 Å². The summed E-state index contributed by atoms with van der Waals surface area (Å²) in [6, 6.07) is 11.6. The lowest BCUT2D eigenvalue weighted by Crippen LogP contribution is -2.39. The minimum Gasteiger partial charge on any atom is -0.340 e. The van der Waals surface area contributed by atoms with E-state index in [1.54, 1.807) is 25.2 Å². The first-order chi connectivity index (χ1) is 11.7. The average molecular weight is 385 g/mol. The van der Waals surface area contributed by atoms with Crippen LogP contribution in [0.5, 0.6) is 0 Å². The zero-order chi connectivity index (χ0) is 18.6. The number of likely N-dealkylation sites (N-methyl/N-ethyl adjacent to an activating group) is 2. The zero-order valence-corrected chi connectivity index (χ0v) is 15.4. The standard InChI is InChI=1S/C17H18ClFN2O3S/c1-20(11-13-5-3-4-6-16(13)18)17(22)12-21(2)25(23,24)15-9-7-14(19)8-10-15/h3-10H,11-12H2,1-2H3. The van der Waals surface area contributed by atoms with E-state index < -0.39 is 15.8 Å².